The van der Waals surface area contributed by atoms with Crippen molar-refractivity contribution in [1.29, 1.82) is 0 Å². The largest absolute Gasteiger partial charge is 0.475 e. The lowest BCUT2D eigenvalue weighted by molar-refractivity contribution is -0.122. The molecule has 6 nitrogen and oxygen atoms in total. The van der Waals surface area contributed by atoms with Gasteiger partial charge in [0.1, 0.15) is 5.76 Å². The van der Waals surface area contributed by atoms with Gasteiger partial charge in [-0.2, -0.15) is 0 Å². The van der Waals surface area contributed by atoms with Gasteiger partial charge in [0.25, 0.3) is 0 Å². The summed E-state index contributed by atoms with van der Waals surface area (Å²) in [7, 11) is 1.78. The zero-order chi connectivity index (χ0) is 15.3. The zero-order valence-corrected chi connectivity index (χ0v) is 12.4. The van der Waals surface area contributed by atoms with Crippen molar-refractivity contribution in [2.75, 3.05) is 20.1 Å². The first-order valence-electron chi connectivity index (χ1n) is 6.57. The average molecular weight is 282 g/mol. The number of rotatable bonds is 7. The molecule has 0 saturated carbocycles. The van der Waals surface area contributed by atoms with Gasteiger partial charge in [0, 0.05) is 12.1 Å². The quantitative estimate of drug-likeness (QED) is 0.791. The summed E-state index contributed by atoms with van der Waals surface area (Å²) >= 11 is 0. The van der Waals surface area contributed by atoms with Crippen LogP contribution in [-0.4, -0.2) is 42.0 Å². The SMILES string of the molecule is Cc1cc(CN(C)CC(=O)NCC(C)C)oc1C(=O)O. The number of aromatic carboxylic acids is 1. The Balaban J connectivity index is 2.50. The number of hydrogen-bond acceptors (Lipinski definition) is 4. The normalized spacial score (nSPS) is 11.1. The summed E-state index contributed by atoms with van der Waals surface area (Å²) in [5.41, 5.74) is 0.588. The summed E-state index contributed by atoms with van der Waals surface area (Å²) in [6, 6.07) is 1.69. The van der Waals surface area contributed by atoms with Gasteiger partial charge in [-0.1, -0.05) is 13.8 Å². The highest BCUT2D eigenvalue weighted by Crippen LogP contribution is 2.15. The van der Waals surface area contributed by atoms with Crippen LogP contribution >= 0.6 is 0 Å². The highest BCUT2D eigenvalue weighted by atomic mass is 16.4. The van der Waals surface area contributed by atoms with E-state index < -0.39 is 5.97 Å². The van der Waals surface area contributed by atoms with E-state index in [9.17, 15) is 9.59 Å². The number of aryl methyl sites for hydroxylation is 1. The van der Waals surface area contributed by atoms with E-state index in [2.05, 4.69) is 5.32 Å². The highest BCUT2D eigenvalue weighted by Gasteiger charge is 2.16. The van der Waals surface area contributed by atoms with E-state index in [4.69, 9.17) is 9.52 Å². The van der Waals surface area contributed by atoms with Crippen molar-refractivity contribution in [3.8, 4) is 0 Å². The number of hydrogen-bond donors (Lipinski definition) is 2. The van der Waals surface area contributed by atoms with Crippen LogP contribution in [-0.2, 0) is 11.3 Å². The van der Waals surface area contributed by atoms with Gasteiger partial charge in [0.15, 0.2) is 0 Å². The molecule has 0 bridgehead atoms. The molecular formula is C14H22N2O4. The standard InChI is InChI=1S/C14H22N2O4/c1-9(2)6-15-12(17)8-16(4)7-11-5-10(3)13(20-11)14(18)19/h5,9H,6-8H2,1-4H3,(H,15,17)(H,18,19). The fraction of sp³-hybridized carbons (Fsp3) is 0.571. The number of furan rings is 1. The smallest absolute Gasteiger partial charge is 0.372 e. The van der Waals surface area contributed by atoms with Crippen molar-refractivity contribution in [2.45, 2.75) is 27.3 Å². The zero-order valence-electron chi connectivity index (χ0n) is 12.4. The van der Waals surface area contributed by atoms with E-state index in [-0.39, 0.29) is 18.2 Å². The van der Waals surface area contributed by atoms with Gasteiger partial charge >= 0.3 is 5.97 Å². The molecule has 0 saturated heterocycles. The molecule has 112 valence electrons. The molecule has 1 heterocycles. The van der Waals surface area contributed by atoms with Gasteiger partial charge < -0.3 is 14.8 Å². The third kappa shape index (κ3) is 5.05. The number of carbonyl (C=O) groups excluding carboxylic acids is 1. The van der Waals surface area contributed by atoms with E-state index >= 15 is 0 Å². The molecule has 0 atom stereocenters. The maximum absolute atomic E-state index is 11.7. The molecular weight excluding hydrogens is 260 g/mol. The predicted octanol–water partition coefficient (Wildman–Crippen LogP) is 1.49. The van der Waals surface area contributed by atoms with Crippen LogP contribution in [0.25, 0.3) is 0 Å². The molecule has 6 heteroatoms. The van der Waals surface area contributed by atoms with Gasteiger partial charge in [-0.25, -0.2) is 4.79 Å². The molecule has 2 N–H and O–H groups in total. The molecule has 0 aliphatic carbocycles. The minimum atomic E-state index is -1.08. The van der Waals surface area contributed by atoms with Crippen LogP contribution in [0.1, 0.15) is 35.7 Å². The Morgan fingerprint density at radius 2 is 2.10 bits per heavy atom. The van der Waals surface area contributed by atoms with Gasteiger partial charge in [0.2, 0.25) is 11.7 Å². The van der Waals surface area contributed by atoms with E-state index in [1.54, 1.807) is 24.9 Å². The molecule has 0 fully saturated rings. The third-order valence-electron chi connectivity index (χ3n) is 2.71. The Morgan fingerprint density at radius 3 is 2.60 bits per heavy atom. The highest BCUT2D eigenvalue weighted by molar-refractivity contribution is 5.86. The number of carboxylic acid groups (broad SMARTS) is 1. The molecule has 0 aromatic carbocycles. The fourth-order valence-electron chi connectivity index (χ4n) is 1.78. The van der Waals surface area contributed by atoms with Crippen molar-refractivity contribution < 1.29 is 19.1 Å². The van der Waals surface area contributed by atoms with Crippen LogP contribution in [0.3, 0.4) is 0 Å². The minimum absolute atomic E-state index is 0.0438. The summed E-state index contributed by atoms with van der Waals surface area (Å²) in [6.07, 6.45) is 0. The maximum atomic E-state index is 11.7. The lowest BCUT2D eigenvalue weighted by atomic mass is 10.2. The second-order valence-corrected chi connectivity index (χ2v) is 5.40. The van der Waals surface area contributed by atoms with Gasteiger partial charge in [-0.3, -0.25) is 9.69 Å². The van der Waals surface area contributed by atoms with Gasteiger partial charge in [-0.05, 0) is 26.0 Å². The second-order valence-electron chi connectivity index (χ2n) is 5.40. The van der Waals surface area contributed by atoms with E-state index in [0.29, 0.717) is 30.3 Å². The van der Waals surface area contributed by atoms with Crippen molar-refractivity contribution in [1.82, 2.24) is 10.2 Å². The first-order chi connectivity index (χ1) is 9.29. The number of amides is 1. The van der Waals surface area contributed by atoms with Crippen LogP contribution in [0.5, 0.6) is 0 Å². The monoisotopic (exact) mass is 282 g/mol. The van der Waals surface area contributed by atoms with Crippen molar-refractivity contribution >= 4 is 11.9 Å². The van der Waals surface area contributed by atoms with Gasteiger partial charge in [-0.15, -0.1) is 0 Å². The predicted molar refractivity (Wildman–Crippen MR) is 74.6 cm³/mol. The number of likely N-dealkylation sites (N-methyl/N-ethyl adjacent to an activating group) is 1. The molecule has 1 aromatic rings. The third-order valence-corrected chi connectivity index (χ3v) is 2.71. The number of nitrogens with zero attached hydrogens (tertiary/aromatic N) is 1. The molecule has 1 rings (SSSR count). The Bertz CT molecular complexity index is 480. The molecule has 0 aliphatic heterocycles. The minimum Gasteiger partial charge on any atom is -0.475 e. The van der Waals surface area contributed by atoms with Crippen LogP contribution in [0.15, 0.2) is 10.5 Å². The van der Waals surface area contributed by atoms with Crippen LogP contribution in [0.2, 0.25) is 0 Å². The summed E-state index contributed by atoms with van der Waals surface area (Å²) in [5, 5.41) is 11.7. The number of nitrogens with one attached hydrogen (secondary N) is 1. The molecule has 20 heavy (non-hydrogen) atoms. The Hall–Kier alpha value is -1.82. The second kappa shape index (κ2) is 7.09. The molecule has 1 amide bonds. The van der Waals surface area contributed by atoms with E-state index in [1.807, 2.05) is 13.8 Å². The van der Waals surface area contributed by atoms with E-state index in [0.717, 1.165) is 0 Å². The topological polar surface area (TPSA) is 82.8 Å². The number of carboxylic acids is 1. The fourth-order valence-corrected chi connectivity index (χ4v) is 1.78. The molecule has 1 aromatic heterocycles. The Kier molecular flexibility index (Phi) is 5.76. The summed E-state index contributed by atoms with van der Waals surface area (Å²) in [6.45, 7) is 7.03. The maximum Gasteiger partial charge on any atom is 0.372 e. The van der Waals surface area contributed by atoms with Crippen LogP contribution in [0.4, 0.5) is 0 Å². The summed E-state index contributed by atoms with van der Waals surface area (Å²) in [4.78, 5) is 24.3. The average Bonchev–Trinajstić information content (AvgIpc) is 2.67. The molecule has 0 aliphatic rings. The molecule has 0 unspecified atom stereocenters. The van der Waals surface area contributed by atoms with Crippen LogP contribution < -0.4 is 5.32 Å². The summed E-state index contributed by atoms with van der Waals surface area (Å²) in [5.74, 6) is -0.221. The first-order valence-corrected chi connectivity index (χ1v) is 6.57. The van der Waals surface area contributed by atoms with E-state index in [1.165, 1.54) is 0 Å². The number of carbonyl (C=O) groups is 2. The van der Waals surface area contributed by atoms with Crippen molar-refractivity contribution in [3.05, 3.63) is 23.2 Å². The van der Waals surface area contributed by atoms with Crippen molar-refractivity contribution in [2.24, 2.45) is 5.92 Å². The molecule has 0 spiro atoms. The molecule has 0 radical (unpaired) electrons. The Labute approximate surface area is 118 Å². The van der Waals surface area contributed by atoms with Crippen molar-refractivity contribution in [3.63, 3.8) is 0 Å². The van der Waals surface area contributed by atoms with Crippen LogP contribution in [0, 0.1) is 12.8 Å². The first kappa shape index (κ1) is 16.2. The lowest BCUT2D eigenvalue weighted by Crippen LogP contribution is -2.36. The van der Waals surface area contributed by atoms with Gasteiger partial charge in [0.05, 0.1) is 13.1 Å². The Morgan fingerprint density at radius 1 is 1.45 bits per heavy atom. The summed E-state index contributed by atoms with van der Waals surface area (Å²) < 4.78 is 5.25. The lowest BCUT2D eigenvalue weighted by Gasteiger charge is -2.15.